The van der Waals surface area contributed by atoms with Crippen molar-refractivity contribution in [1.29, 1.82) is 0 Å². The lowest BCUT2D eigenvalue weighted by Crippen LogP contribution is -2.59. The number of nitrogens with two attached hydrogens (primary N) is 1. The largest absolute Gasteiger partial charge is 0.487 e. The topological polar surface area (TPSA) is 53.7 Å². The van der Waals surface area contributed by atoms with Crippen LogP contribution in [-0.2, 0) is 9.47 Å². The Labute approximate surface area is 116 Å². The van der Waals surface area contributed by atoms with Gasteiger partial charge in [0, 0.05) is 25.6 Å². The lowest BCUT2D eigenvalue weighted by Gasteiger charge is -2.41. The molecular weight excluding hydrogens is 273 g/mol. The van der Waals surface area contributed by atoms with Crippen LogP contribution in [0.1, 0.15) is 6.42 Å². The van der Waals surface area contributed by atoms with Crippen molar-refractivity contribution in [3.8, 4) is 5.75 Å². The fourth-order valence-electron chi connectivity index (χ4n) is 1.95. The van der Waals surface area contributed by atoms with Gasteiger partial charge in [-0.05, 0) is 12.1 Å². The van der Waals surface area contributed by atoms with E-state index in [-0.39, 0.29) is 23.3 Å². The number of rotatable bonds is 6. The molecular formula is C13H17ClFNO3. The van der Waals surface area contributed by atoms with Crippen molar-refractivity contribution in [2.75, 3.05) is 20.3 Å². The van der Waals surface area contributed by atoms with E-state index in [2.05, 4.69) is 0 Å². The summed E-state index contributed by atoms with van der Waals surface area (Å²) >= 11 is 5.61. The molecule has 3 atom stereocenters. The second kappa shape index (κ2) is 6.52. The lowest BCUT2D eigenvalue weighted by atomic mass is 9.86. The van der Waals surface area contributed by atoms with Crippen LogP contribution >= 0.6 is 11.6 Å². The van der Waals surface area contributed by atoms with Crippen molar-refractivity contribution in [3.05, 3.63) is 29.0 Å². The van der Waals surface area contributed by atoms with Gasteiger partial charge >= 0.3 is 0 Å². The van der Waals surface area contributed by atoms with Crippen molar-refractivity contribution in [1.82, 2.24) is 0 Å². The number of hydrogen-bond acceptors (Lipinski definition) is 4. The minimum Gasteiger partial charge on any atom is -0.487 e. The molecule has 0 amide bonds. The predicted molar refractivity (Wildman–Crippen MR) is 70.0 cm³/mol. The van der Waals surface area contributed by atoms with E-state index in [0.717, 1.165) is 0 Å². The molecule has 6 heteroatoms. The van der Waals surface area contributed by atoms with E-state index < -0.39 is 5.82 Å². The first-order valence-corrected chi connectivity index (χ1v) is 6.47. The van der Waals surface area contributed by atoms with Gasteiger partial charge in [-0.3, -0.25) is 0 Å². The SMILES string of the molecule is COCCOC1C(N)CC1Oc1ccc(Cl)c(F)c1. The highest BCUT2D eigenvalue weighted by Gasteiger charge is 2.41. The Morgan fingerprint density at radius 2 is 2.21 bits per heavy atom. The molecule has 106 valence electrons. The summed E-state index contributed by atoms with van der Waals surface area (Å²) in [6, 6.07) is 4.30. The first kappa shape index (κ1) is 14.5. The summed E-state index contributed by atoms with van der Waals surface area (Å²) < 4.78 is 29.4. The Kier molecular flexibility index (Phi) is 4.99. The molecule has 1 fully saturated rings. The molecule has 1 saturated carbocycles. The van der Waals surface area contributed by atoms with Crippen LogP contribution in [0, 0.1) is 5.82 Å². The molecule has 0 spiro atoms. The molecule has 0 aliphatic heterocycles. The van der Waals surface area contributed by atoms with Crippen LogP contribution < -0.4 is 10.5 Å². The highest BCUT2D eigenvalue weighted by atomic mass is 35.5. The molecule has 1 aliphatic carbocycles. The third-order valence-electron chi connectivity index (χ3n) is 3.07. The first-order chi connectivity index (χ1) is 9.11. The number of benzene rings is 1. The van der Waals surface area contributed by atoms with Crippen molar-refractivity contribution in [2.24, 2.45) is 5.73 Å². The third kappa shape index (κ3) is 3.57. The van der Waals surface area contributed by atoms with Crippen LogP contribution in [0.4, 0.5) is 4.39 Å². The highest BCUT2D eigenvalue weighted by molar-refractivity contribution is 6.30. The van der Waals surface area contributed by atoms with E-state index in [1.165, 1.54) is 12.1 Å². The van der Waals surface area contributed by atoms with Gasteiger partial charge in [0.05, 0.1) is 18.2 Å². The second-order valence-corrected chi connectivity index (χ2v) is 4.87. The van der Waals surface area contributed by atoms with E-state index in [9.17, 15) is 4.39 Å². The zero-order valence-electron chi connectivity index (χ0n) is 10.6. The maximum Gasteiger partial charge on any atom is 0.145 e. The monoisotopic (exact) mass is 289 g/mol. The Morgan fingerprint density at radius 1 is 1.42 bits per heavy atom. The summed E-state index contributed by atoms with van der Waals surface area (Å²) in [7, 11) is 1.61. The van der Waals surface area contributed by atoms with Crippen molar-refractivity contribution in [3.63, 3.8) is 0 Å². The van der Waals surface area contributed by atoms with Gasteiger partial charge in [0.2, 0.25) is 0 Å². The van der Waals surface area contributed by atoms with Crippen LogP contribution in [-0.4, -0.2) is 38.6 Å². The van der Waals surface area contributed by atoms with Crippen LogP contribution in [0.2, 0.25) is 5.02 Å². The van der Waals surface area contributed by atoms with Gasteiger partial charge in [-0.2, -0.15) is 0 Å². The molecule has 1 aromatic rings. The molecule has 19 heavy (non-hydrogen) atoms. The number of ether oxygens (including phenoxy) is 3. The second-order valence-electron chi connectivity index (χ2n) is 4.46. The summed E-state index contributed by atoms with van der Waals surface area (Å²) in [5.74, 6) is -0.0706. The number of methoxy groups -OCH3 is 1. The van der Waals surface area contributed by atoms with Gasteiger partial charge in [-0.25, -0.2) is 4.39 Å². The van der Waals surface area contributed by atoms with Crippen molar-refractivity contribution in [2.45, 2.75) is 24.7 Å². The van der Waals surface area contributed by atoms with E-state index in [1.807, 2.05) is 0 Å². The van der Waals surface area contributed by atoms with E-state index >= 15 is 0 Å². The summed E-state index contributed by atoms with van der Waals surface area (Å²) in [6.45, 7) is 0.967. The molecule has 0 heterocycles. The lowest BCUT2D eigenvalue weighted by molar-refractivity contribution is -0.107. The van der Waals surface area contributed by atoms with Gasteiger partial charge in [0.15, 0.2) is 0 Å². The quantitative estimate of drug-likeness (QED) is 0.814. The van der Waals surface area contributed by atoms with Crippen molar-refractivity contribution >= 4 is 11.6 Å². The first-order valence-electron chi connectivity index (χ1n) is 6.09. The number of hydrogen-bond donors (Lipinski definition) is 1. The Bertz CT molecular complexity index is 432. The smallest absolute Gasteiger partial charge is 0.145 e. The van der Waals surface area contributed by atoms with Crippen LogP contribution in [0.15, 0.2) is 18.2 Å². The highest BCUT2D eigenvalue weighted by Crippen LogP contribution is 2.29. The molecule has 1 aromatic carbocycles. The molecule has 2 rings (SSSR count). The molecule has 0 aromatic heterocycles. The van der Waals surface area contributed by atoms with Gasteiger partial charge in [0.25, 0.3) is 0 Å². The fourth-order valence-corrected chi connectivity index (χ4v) is 2.07. The average molecular weight is 290 g/mol. The Morgan fingerprint density at radius 3 is 2.84 bits per heavy atom. The maximum absolute atomic E-state index is 13.3. The Balaban J connectivity index is 1.89. The number of halogens is 2. The Hall–Kier alpha value is -0.880. The molecule has 0 radical (unpaired) electrons. The molecule has 0 bridgehead atoms. The standard InChI is InChI=1S/C13H17ClFNO3/c1-17-4-5-18-13-11(16)7-12(13)19-8-2-3-9(14)10(15)6-8/h2-3,6,11-13H,4-5,7,16H2,1H3. The summed E-state index contributed by atoms with van der Waals surface area (Å²) in [5.41, 5.74) is 5.86. The van der Waals surface area contributed by atoms with Crippen LogP contribution in [0.3, 0.4) is 0 Å². The van der Waals surface area contributed by atoms with E-state index in [0.29, 0.717) is 25.4 Å². The maximum atomic E-state index is 13.3. The van der Waals surface area contributed by atoms with Crippen LogP contribution in [0.5, 0.6) is 5.75 Å². The van der Waals surface area contributed by atoms with Gasteiger partial charge in [-0.15, -0.1) is 0 Å². The normalized spacial score (nSPS) is 26.0. The molecule has 0 saturated heterocycles. The van der Waals surface area contributed by atoms with E-state index in [4.69, 9.17) is 31.5 Å². The summed E-state index contributed by atoms with van der Waals surface area (Å²) in [4.78, 5) is 0. The third-order valence-corrected chi connectivity index (χ3v) is 3.38. The summed E-state index contributed by atoms with van der Waals surface area (Å²) in [5, 5.41) is 0.0746. The van der Waals surface area contributed by atoms with Crippen molar-refractivity contribution < 1.29 is 18.6 Å². The molecule has 3 unspecified atom stereocenters. The minimum absolute atomic E-state index is 0.0565. The molecule has 1 aliphatic rings. The van der Waals surface area contributed by atoms with Gasteiger partial charge in [-0.1, -0.05) is 11.6 Å². The fraction of sp³-hybridized carbons (Fsp3) is 0.538. The van der Waals surface area contributed by atoms with E-state index in [1.54, 1.807) is 13.2 Å². The zero-order valence-corrected chi connectivity index (χ0v) is 11.4. The van der Waals surface area contributed by atoms with Crippen LogP contribution in [0.25, 0.3) is 0 Å². The predicted octanol–water partition coefficient (Wildman–Crippen LogP) is 1.99. The summed E-state index contributed by atoms with van der Waals surface area (Å²) in [6.07, 6.45) is 0.336. The zero-order chi connectivity index (χ0) is 13.8. The molecule has 4 nitrogen and oxygen atoms in total. The average Bonchev–Trinajstić information content (AvgIpc) is 2.38. The molecule has 2 N–H and O–H groups in total. The van der Waals surface area contributed by atoms with Gasteiger partial charge < -0.3 is 19.9 Å². The minimum atomic E-state index is -0.500. The van der Waals surface area contributed by atoms with Gasteiger partial charge in [0.1, 0.15) is 23.8 Å².